The van der Waals surface area contributed by atoms with Crippen LogP contribution in [-0.2, 0) is 9.53 Å². The number of aromatic amines is 1. The fourth-order valence-corrected chi connectivity index (χ4v) is 4.66. The van der Waals surface area contributed by atoms with Crippen molar-refractivity contribution in [2.45, 2.75) is 50.5 Å². The molecule has 2 aliphatic heterocycles. The van der Waals surface area contributed by atoms with Gasteiger partial charge < -0.3 is 19.9 Å². The lowest BCUT2D eigenvalue weighted by atomic mass is 9.95. The first-order chi connectivity index (χ1) is 14.6. The fraction of sp³-hybridized carbons (Fsp3) is 0.773. The molecule has 4 aliphatic rings. The van der Waals surface area contributed by atoms with Crippen LogP contribution in [-0.4, -0.2) is 83.8 Å². The third-order valence-electron chi connectivity index (χ3n) is 6.96. The number of H-pyrrole nitrogens is 1. The Hall–Kier alpha value is -1.93. The molecule has 2 saturated carbocycles. The number of ether oxygens (including phenoxy) is 1. The Labute approximate surface area is 177 Å². The van der Waals surface area contributed by atoms with Crippen molar-refractivity contribution >= 4 is 11.8 Å². The van der Waals surface area contributed by atoms with Gasteiger partial charge in [-0.1, -0.05) is 0 Å². The van der Waals surface area contributed by atoms with Crippen molar-refractivity contribution in [3.05, 3.63) is 17.5 Å². The summed E-state index contributed by atoms with van der Waals surface area (Å²) in [4.78, 5) is 29.3. The predicted octanol–water partition coefficient (Wildman–Crippen LogP) is 1.37. The highest BCUT2D eigenvalue weighted by atomic mass is 16.5. The SMILES string of the molecule is O=C(NCC1CN(CC2CCN(CC3CC3)CC2)C(=O)CO1)c1cc(C2CC2)[nH]n1. The van der Waals surface area contributed by atoms with Crippen molar-refractivity contribution in [3.8, 4) is 0 Å². The van der Waals surface area contributed by atoms with Gasteiger partial charge in [0.15, 0.2) is 0 Å². The molecule has 0 bridgehead atoms. The first-order valence-corrected chi connectivity index (χ1v) is 11.6. The zero-order valence-corrected chi connectivity index (χ0v) is 17.6. The van der Waals surface area contributed by atoms with E-state index in [0.29, 0.717) is 30.6 Å². The minimum absolute atomic E-state index is 0.0689. The molecule has 1 aromatic rings. The molecule has 1 atom stereocenters. The van der Waals surface area contributed by atoms with Gasteiger partial charge in [0, 0.05) is 37.8 Å². The highest BCUT2D eigenvalue weighted by molar-refractivity contribution is 5.92. The van der Waals surface area contributed by atoms with Gasteiger partial charge in [-0.15, -0.1) is 0 Å². The lowest BCUT2D eigenvalue weighted by Crippen LogP contribution is -2.52. The van der Waals surface area contributed by atoms with Gasteiger partial charge in [-0.2, -0.15) is 5.10 Å². The molecule has 0 radical (unpaired) electrons. The van der Waals surface area contributed by atoms with Crippen LogP contribution in [0.1, 0.15) is 60.6 Å². The first kappa shape index (κ1) is 20.0. The summed E-state index contributed by atoms with van der Waals surface area (Å²) in [5.41, 5.74) is 1.48. The molecule has 1 aromatic heterocycles. The quantitative estimate of drug-likeness (QED) is 0.669. The number of amides is 2. The number of carbonyl (C=O) groups excluding carboxylic acids is 2. The Balaban J connectivity index is 1.06. The molecule has 2 N–H and O–H groups in total. The van der Waals surface area contributed by atoms with E-state index in [0.717, 1.165) is 31.2 Å². The number of rotatable bonds is 8. The highest BCUT2D eigenvalue weighted by Crippen LogP contribution is 2.39. The summed E-state index contributed by atoms with van der Waals surface area (Å²) < 4.78 is 5.67. The standard InChI is InChI=1S/C22H33N5O3/c28-21-14-30-18(10-23-22(29)20-9-19(24-25-20)17-3-4-17)13-27(21)12-16-5-7-26(8-6-16)11-15-1-2-15/h9,15-18H,1-8,10-14H2,(H,23,29)(H,24,25). The fourth-order valence-electron chi connectivity index (χ4n) is 4.66. The number of hydrogen-bond acceptors (Lipinski definition) is 5. The van der Waals surface area contributed by atoms with Crippen molar-refractivity contribution < 1.29 is 14.3 Å². The average molecular weight is 416 g/mol. The van der Waals surface area contributed by atoms with Gasteiger partial charge >= 0.3 is 0 Å². The lowest BCUT2D eigenvalue weighted by molar-refractivity contribution is -0.149. The van der Waals surface area contributed by atoms with Gasteiger partial charge in [0.25, 0.3) is 5.91 Å². The van der Waals surface area contributed by atoms with E-state index in [9.17, 15) is 9.59 Å². The molecular formula is C22H33N5O3. The zero-order chi connectivity index (χ0) is 20.5. The number of piperidine rings is 1. The van der Waals surface area contributed by atoms with Crippen LogP contribution in [0.5, 0.6) is 0 Å². The van der Waals surface area contributed by atoms with Crippen molar-refractivity contribution in [1.29, 1.82) is 0 Å². The molecule has 2 amide bonds. The predicted molar refractivity (Wildman–Crippen MR) is 111 cm³/mol. The maximum atomic E-state index is 12.4. The monoisotopic (exact) mass is 415 g/mol. The van der Waals surface area contributed by atoms with Crippen molar-refractivity contribution in [2.24, 2.45) is 11.8 Å². The van der Waals surface area contributed by atoms with E-state index in [2.05, 4.69) is 20.4 Å². The summed E-state index contributed by atoms with van der Waals surface area (Å²) in [6.07, 6.45) is 7.32. The number of nitrogens with one attached hydrogen (secondary N) is 2. The molecule has 0 spiro atoms. The van der Waals surface area contributed by atoms with E-state index in [4.69, 9.17) is 4.74 Å². The summed E-state index contributed by atoms with van der Waals surface area (Å²) in [7, 11) is 0. The Bertz CT molecular complexity index is 765. The number of morpholine rings is 1. The van der Waals surface area contributed by atoms with Gasteiger partial charge in [-0.3, -0.25) is 14.7 Å². The Morgan fingerprint density at radius 3 is 2.63 bits per heavy atom. The largest absolute Gasteiger partial charge is 0.365 e. The normalized spacial score (nSPS) is 26.2. The second kappa shape index (κ2) is 8.67. The van der Waals surface area contributed by atoms with Crippen LogP contribution in [0.15, 0.2) is 6.07 Å². The molecule has 8 heteroatoms. The van der Waals surface area contributed by atoms with Crippen LogP contribution >= 0.6 is 0 Å². The molecular weight excluding hydrogens is 382 g/mol. The molecule has 30 heavy (non-hydrogen) atoms. The van der Waals surface area contributed by atoms with Crippen LogP contribution in [0.25, 0.3) is 0 Å². The number of aromatic nitrogens is 2. The summed E-state index contributed by atoms with van der Waals surface area (Å²) in [6.45, 7) is 5.45. The molecule has 4 fully saturated rings. The molecule has 0 aromatic carbocycles. The molecule has 1 unspecified atom stereocenters. The Morgan fingerprint density at radius 2 is 1.90 bits per heavy atom. The maximum Gasteiger partial charge on any atom is 0.271 e. The smallest absolute Gasteiger partial charge is 0.271 e. The third kappa shape index (κ3) is 5.03. The molecule has 2 aliphatic carbocycles. The second-order valence-electron chi connectivity index (χ2n) is 9.61. The van der Waals surface area contributed by atoms with E-state index < -0.39 is 0 Å². The Morgan fingerprint density at radius 1 is 1.13 bits per heavy atom. The van der Waals surface area contributed by atoms with Crippen LogP contribution in [0.3, 0.4) is 0 Å². The zero-order valence-electron chi connectivity index (χ0n) is 17.6. The number of hydrogen-bond donors (Lipinski definition) is 2. The van der Waals surface area contributed by atoms with Crippen molar-refractivity contribution in [2.75, 3.05) is 45.9 Å². The highest BCUT2D eigenvalue weighted by Gasteiger charge is 2.32. The second-order valence-corrected chi connectivity index (χ2v) is 9.61. The third-order valence-corrected chi connectivity index (χ3v) is 6.96. The van der Waals surface area contributed by atoms with Gasteiger partial charge in [-0.05, 0) is 69.5 Å². The summed E-state index contributed by atoms with van der Waals surface area (Å²) >= 11 is 0. The maximum absolute atomic E-state index is 12.4. The minimum Gasteiger partial charge on any atom is -0.365 e. The van der Waals surface area contributed by atoms with Crippen LogP contribution in [0.4, 0.5) is 0 Å². The van der Waals surface area contributed by atoms with Crippen LogP contribution in [0.2, 0.25) is 0 Å². The summed E-state index contributed by atoms with van der Waals surface area (Å²) in [6, 6.07) is 1.85. The number of likely N-dealkylation sites (tertiary alicyclic amines) is 1. The van der Waals surface area contributed by atoms with E-state index in [1.165, 1.54) is 45.1 Å². The topological polar surface area (TPSA) is 90.6 Å². The summed E-state index contributed by atoms with van der Waals surface area (Å²) in [5, 5.41) is 10.0. The van der Waals surface area contributed by atoms with E-state index in [1.54, 1.807) is 0 Å². The molecule has 164 valence electrons. The Kier molecular flexibility index (Phi) is 5.78. The van der Waals surface area contributed by atoms with E-state index in [-0.39, 0.29) is 24.5 Å². The first-order valence-electron chi connectivity index (χ1n) is 11.6. The number of carbonyl (C=O) groups is 2. The molecule has 5 rings (SSSR count). The van der Waals surface area contributed by atoms with Gasteiger partial charge in [0.05, 0.1) is 6.10 Å². The average Bonchev–Trinajstić information content (AvgIpc) is 3.70. The molecule has 3 heterocycles. The van der Waals surface area contributed by atoms with Gasteiger partial charge in [-0.25, -0.2) is 0 Å². The van der Waals surface area contributed by atoms with E-state index in [1.807, 2.05) is 11.0 Å². The molecule has 8 nitrogen and oxygen atoms in total. The van der Waals surface area contributed by atoms with Gasteiger partial charge in [0.1, 0.15) is 12.3 Å². The lowest BCUT2D eigenvalue weighted by Gasteiger charge is -2.38. The van der Waals surface area contributed by atoms with E-state index >= 15 is 0 Å². The van der Waals surface area contributed by atoms with Crippen LogP contribution < -0.4 is 5.32 Å². The van der Waals surface area contributed by atoms with Crippen LogP contribution in [0, 0.1) is 11.8 Å². The van der Waals surface area contributed by atoms with Crippen molar-refractivity contribution in [3.63, 3.8) is 0 Å². The van der Waals surface area contributed by atoms with Crippen molar-refractivity contribution in [1.82, 2.24) is 25.3 Å². The summed E-state index contributed by atoms with van der Waals surface area (Å²) in [5.74, 6) is 1.94. The van der Waals surface area contributed by atoms with Gasteiger partial charge in [0.2, 0.25) is 5.91 Å². The number of nitrogens with zero attached hydrogens (tertiary/aromatic N) is 3. The molecule has 2 saturated heterocycles. The minimum atomic E-state index is -0.187.